The van der Waals surface area contributed by atoms with E-state index in [9.17, 15) is 0 Å². The highest BCUT2D eigenvalue weighted by atomic mass is 16.5. The van der Waals surface area contributed by atoms with Gasteiger partial charge in [-0.25, -0.2) is 0 Å². The molecule has 1 fully saturated rings. The lowest BCUT2D eigenvalue weighted by molar-refractivity contribution is 0.0359. The fourth-order valence-corrected chi connectivity index (χ4v) is 3.10. The van der Waals surface area contributed by atoms with E-state index in [2.05, 4.69) is 20.8 Å². The normalized spacial score (nSPS) is 33.0. The second-order valence-corrected chi connectivity index (χ2v) is 6.04. The molecule has 0 spiro atoms. The van der Waals surface area contributed by atoms with E-state index in [0.29, 0.717) is 11.5 Å². The lowest BCUT2D eigenvalue weighted by atomic mass is 9.66. The van der Waals surface area contributed by atoms with Gasteiger partial charge in [0.15, 0.2) is 0 Å². The van der Waals surface area contributed by atoms with Gasteiger partial charge in [-0.2, -0.15) is 0 Å². The largest absolute Gasteiger partial charge is 0.382 e. The van der Waals surface area contributed by atoms with Gasteiger partial charge >= 0.3 is 0 Å². The topological polar surface area (TPSA) is 35.2 Å². The predicted octanol–water partition coefficient (Wildman–Crippen LogP) is 3.20. The third kappa shape index (κ3) is 3.46. The Morgan fingerprint density at radius 2 is 1.81 bits per heavy atom. The molecule has 2 nitrogen and oxygen atoms in total. The Labute approximate surface area is 101 Å². The van der Waals surface area contributed by atoms with E-state index in [1.54, 1.807) is 7.11 Å². The predicted molar refractivity (Wildman–Crippen MR) is 69.4 cm³/mol. The molecular weight excluding hydrogens is 198 g/mol. The molecule has 1 atom stereocenters. The SMILES string of the molecule is COC(C)CC1(CN)CCC(C(C)C)CC1. The summed E-state index contributed by atoms with van der Waals surface area (Å²) < 4.78 is 5.40. The highest BCUT2D eigenvalue weighted by molar-refractivity contribution is 4.88. The van der Waals surface area contributed by atoms with Gasteiger partial charge in [0.2, 0.25) is 0 Å². The molecule has 0 radical (unpaired) electrons. The Hall–Kier alpha value is -0.0800. The van der Waals surface area contributed by atoms with E-state index in [1.165, 1.54) is 25.7 Å². The van der Waals surface area contributed by atoms with Crippen molar-refractivity contribution in [2.75, 3.05) is 13.7 Å². The van der Waals surface area contributed by atoms with Gasteiger partial charge in [0.1, 0.15) is 0 Å². The van der Waals surface area contributed by atoms with Crippen LogP contribution in [-0.4, -0.2) is 19.8 Å². The monoisotopic (exact) mass is 227 g/mol. The number of hydrogen-bond acceptors (Lipinski definition) is 2. The molecule has 2 N–H and O–H groups in total. The molecule has 2 heteroatoms. The summed E-state index contributed by atoms with van der Waals surface area (Å²) in [5.74, 6) is 1.74. The van der Waals surface area contributed by atoms with Crippen LogP contribution in [0.5, 0.6) is 0 Å². The van der Waals surface area contributed by atoms with Crippen LogP contribution >= 0.6 is 0 Å². The molecule has 1 saturated carbocycles. The van der Waals surface area contributed by atoms with Gasteiger partial charge in [0, 0.05) is 7.11 Å². The maximum Gasteiger partial charge on any atom is 0.0549 e. The molecule has 1 unspecified atom stereocenters. The summed E-state index contributed by atoms with van der Waals surface area (Å²) in [6.07, 6.45) is 6.76. The number of rotatable bonds is 5. The van der Waals surface area contributed by atoms with Gasteiger partial charge in [-0.1, -0.05) is 13.8 Å². The van der Waals surface area contributed by atoms with Gasteiger partial charge in [-0.15, -0.1) is 0 Å². The number of nitrogens with two attached hydrogens (primary N) is 1. The number of hydrogen-bond donors (Lipinski definition) is 1. The Morgan fingerprint density at radius 3 is 2.19 bits per heavy atom. The Kier molecular flexibility index (Phi) is 5.26. The number of methoxy groups -OCH3 is 1. The van der Waals surface area contributed by atoms with Gasteiger partial charge in [0.05, 0.1) is 6.10 Å². The molecule has 0 heterocycles. The van der Waals surface area contributed by atoms with Gasteiger partial charge < -0.3 is 10.5 Å². The van der Waals surface area contributed by atoms with E-state index in [0.717, 1.165) is 24.8 Å². The van der Waals surface area contributed by atoms with Crippen LogP contribution in [0.3, 0.4) is 0 Å². The second-order valence-electron chi connectivity index (χ2n) is 6.04. The van der Waals surface area contributed by atoms with Crippen LogP contribution in [-0.2, 0) is 4.74 Å². The summed E-state index contributed by atoms with van der Waals surface area (Å²) in [7, 11) is 1.80. The molecule has 0 aromatic heterocycles. The maximum absolute atomic E-state index is 6.01. The van der Waals surface area contributed by atoms with Crippen LogP contribution in [0.2, 0.25) is 0 Å². The van der Waals surface area contributed by atoms with E-state index in [4.69, 9.17) is 10.5 Å². The minimum absolute atomic E-state index is 0.346. The first-order valence-electron chi connectivity index (χ1n) is 6.76. The smallest absolute Gasteiger partial charge is 0.0549 e. The standard InChI is InChI=1S/C14H29NO/c1-11(2)13-5-7-14(10-15,8-6-13)9-12(3)16-4/h11-13H,5-10,15H2,1-4H3. The number of ether oxygens (including phenoxy) is 1. The summed E-state index contributed by atoms with van der Waals surface area (Å²) in [6, 6.07) is 0. The molecule has 96 valence electrons. The molecule has 16 heavy (non-hydrogen) atoms. The lowest BCUT2D eigenvalue weighted by Crippen LogP contribution is -2.38. The van der Waals surface area contributed by atoms with Crippen molar-refractivity contribution in [1.29, 1.82) is 0 Å². The highest BCUT2D eigenvalue weighted by Gasteiger charge is 2.35. The molecule has 1 rings (SSSR count). The average Bonchev–Trinajstić information content (AvgIpc) is 2.29. The van der Waals surface area contributed by atoms with Crippen LogP contribution in [0.4, 0.5) is 0 Å². The summed E-state index contributed by atoms with van der Waals surface area (Å²) in [5.41, 5.74) is 6.37. The van der Waals surface area contributed by atoms with Crippen molar-refractivity contribution in [3.8, 4) is 0 Å². The van der Waals surface area contributed by atoms with Crippen LogP contribution in [0.15, 0.2) is 0 Å². The fraction of sp³-hybridized carbons (Fsp3) is 1.00. The summed E-state index contributed by atoms with van der Waals surface area (Å²) in [5, 5.41) is 0. The van der Waals surface area contributed by atoms with E-state index in [1.807, 2.05) is 0 Å². The zero-order valence-electron chi connectivity index (χ0n) is 11.5. The Balaban J connectivity index is 2.51. The quantitative estimate of drug-likeness (QED) is 0.783. The van der Waals surface area contributed by atoms with Crippen molar-refractivity contribution >= 4 is 0 Å². The minimum Gasteiger partial charge on any atom is -0.382 e. The third-order valence-electron chi connectivity index (χ3n) is 4.59. The highest BCUT2D eigenvalue weighted by Crippen LogP contribution is 2.43. The summed E-state index contributed by atoms with van der Waals surface area (Å²) >= 11 is 0. The zero-order valence-corrected chi connectivity index (χ0v) is 11.5. The summed E-state index contributed by atoms with van der Waals surface area (Å²) in [4.78, 5) is 0. The first-order chi connectivity index (χ1) is 7.53. The molecule has 1 aliphatic rings. The molecule has 0 aromatic rings. The van der Waals surface area contributed by atoms with Crippen molar-refractivity contribution < 1.29 is 4.74 Å². The van der Waals surface area contributed by atoms with Crippen molar-refractivity contribution in [2.45, 2.75) is 59.0 Å². The first-order valence-corrected chi connectivity index (χ1v) is 6.76. The molecule has 0 saturated heterocycles. The van der Waals surface area contributed by atoms with Crippen molar-refractivity contribution in [3.05, 3.63) is 0 Å². The minimum atomic E-state index is 0.346. The van der Waals surface area contributed by atoms with Crippen LogP contribution < -0.4 is 5.73 Å². The van der Waals surface area contributed by atoms with Crippen LogP contribution in [0.25, 0.3) is 0 Å². The second kappa shape index (κ2) is 6.02. The first kappa shape index (κ1) is 14.0. The van der Waals surface area contributed by atoms with Crippen molar-refractivity contribution in [2.24, 2.45) is 23.0 Å². The fourth-order valence-electron chi connectivity index (χ4n) is 3.10. The maximum atomic E-state index is 6.01. The Morgan fingerprint density at radius 1 is 1.25 bits per heavy atom. The molecule has 0 bridgehead atoms. The lowest BCUT2D eigenvalue weighted by Gasteiger charge is -2.42. The average molecular weight is 227 g/mol. The van der Waals surface area contributed by atoms with E-state index in [-0.39, 0.29) is 0 Å². The van der Waals surface area contributed by atoms with E-state index < -0.39 is 0 Å². The summed E-state index contributed by atoms with van der Waals surface area (Å²) in [6.45, 7) is 7.67. The van der Waals surface area contributed by atoms with Gasteiger partial charge in [-0.3, -0.25) is 0 Å². The molecular formula is C14H29NO. The van der Waals surface area contributed by atoms with Crippen LogP contribution in [0.1, 0.15) is 52.9 Å². The molecule has 1 aliphatic carbocycles. The van der Waals surface area contributed by atoms with Gasteiger partial charge in [-0.05, 0) is 62.8 Å². The molecule has 0 aromatic carbocycles. The molecule has 0 amide bonds. The van der Waals surface area contributed by atoms with Gasteiger partial charge in [0.25, 0.3) is 0 Å². The van der Waals surface area contributed by atoms with Crippen molar-refractivity contribution in [3.63, 3.8) is 0 Å². The zero-order chi connectivity index (χ0) is 12.2. The van der Waals surface area contributed by atoms with E-state index >= 15 is 0 Å². The third-order valence-corrected chi connectivity index (χ3v) is 4.59. The van der Waals surface area contributed by atoms with Crippen molar-refractivity contribution in [1.82, 2.24) is 0 Å². The van der Waals surface area contributed by atoms with Crippen LogP contribution in [0, 0.1) is 17.3 Å². The Bertz CT molecular complexity index is 195. The molecule has 0 aliphatic heterocycles.